The van der Waals surface area contributed by atoms with Gasteiger partial charge in [-0.25, -0.2) is 0 Å². The van der Waals surface area contributed by atoms with Gasteiger partial charge in [0.2, 0.25) is 0 Å². The van der Waals surface area contributed by atoms with E-state index >= 15 is 0 Å². The average molecular weight is 337 g/mol. The van der Waals surface area contributed by atoms with Crippen molar-refractivity contribution in [2.24, 2.45) is 11.3 Å². The van der Waals surface area contributed by atoms with Crippen LogP contribution in [0, 0.1) is 11.3 Å². The Hall–Kier alpha value is -1.29. The number of hydrogen-bond acceptors (Lipinski definition) is 3. The Bertz CT molecular complexity index is 599. The highest BCUT2D eigenvalue weighted by atomic mass is 79.9. The summed E-state index contributed by atoms with van der Waals surface area (Å²) >= 11 is 3.49. The summed E-state index contributed by atoms with van der Waals surface area (Å²) in [6.07, 6.45) is 0.829. The van der Waals surface area contributed by atoms with Crippen LogP contribution in [0.15, 0.2) is 33.3 Å². The first kappa shape index (κ1) is 15.1. The molecule has 108 valence electrons. The topological polar surface area (TPSA) is 52.0 Å². The van der Waals surface area contributed by atoms with Crippen molar-refractivity contribution >= 4 is 21.7 Å². The van der Waals surface area contributed by atoms with Gasteiger partial charge >= 0.3 is 0 Å². The van der Waals surface area contributed by atoms with Crippen LogP contribution < -0.4 is 5.73 Å². The minimum atomic E-state index is 0.218. The van der Waals surface area contributed by atoms with Crippen molar-refractivity contribution in [1.29, 1.82) is 0 Å². The van der Waals surface area contributed by atoms with E-state index in [1.807, 2.05) is 24.3 Å². The van der Waals surface area contributed by atoms with Gasteiger partial charge in [-0.15, -0.1) is 0 Å². The maximum absolute atomic E-state index is 5.99. The van der Waals surface area contributed by atoms with Crippen molar-refractivity contribution in [3.05, 3.63) is 34.5 Å². The summed E-state index contributed by atoms with van der Waals surface area (Å²) in [6.45, 7) is 8.92. The highest BCUT2D eigenvalue weighted by Crippen LogP contribution is 2.35. The Kier molecular flexibility index (Phi) is 4.23. The van der Waals surface area contributed by atoms with Crippen LogP contribution in [-0.2, 0) is 6.42 Å². The van der Waals surface area contributed by atoms with Crippen molar-refractivity contribution < 1.29 is 4.52 Å². The van der Waals surface area contributed by atoms with Gasteiger partial charge in [0.05, 0.1) is 5.56 Å². The number of nitrogens with two attached hydrogens (primary N) is 1. The first-order valence-electron chi connectivity index (χ1n) is 6.79. The Morgan fingerprint density at radius 1 is 1.35 bits per heavy atom. The maximum Gasteiger partial charge on any atom is 0.175 e. The summed E-state index contributed by atoms with van der Waals surface area (Å²) in [5.41, 5.74) is 8.16. The van der Waals surface area contributed by atoms with Crippen LogP contribution in [0.3, 0.4) is 0 Å². The molecule has 0 fully saturated rings. The molecule has 0 amide bonds. The number of nitrogens with zero attached hydrogens (tertiary/aromatic N) is 1. The fraction of sp³-hybridized carbons (Fsp3) is 0.438. The third-order valence-electron chi connectivity index (χ3n) is 3.87. The third-order valence-corrected chi connectivity index (χ3v) is 4.37. The zero-order valence-corrected chi connectivity index (χ0v) is 14.0. The molecule has 0 aliphatic heterocycles. The van der Waals surface area contributed by atoms with Gasteiger partial charge in [-0.05, 0) is 29.0 Å². The van der Waals surface area contributed by atoms with Crippen molar-refractivity contribution in [3.8, 4) is 11.1 Å². The molecule has 1 heterocycles. The summed E-state index contributed by atoms with van der Waals surface area (Å²) in [7, 11) is 0. The lowest BCUT2D eigenvalue weighted by Crippen LogP contribution is -2.19. The molecule has 0 aliphatic carbocycles. The van der Waals surface area contributed by atoms with Crippen LogP contribution in [0.5, 0.6) is 0 Å². The number of hydrogen-bond donors (Lipinski definition) is 1. The Labute approximate surface area is 128 Å². The molecule has 1 aromatic heterocycles. The largest absolute Gasteiger partial charge is 0.380 e. The number of anilines is 1. The van der Waals surface area contributed by atoms with E-state index < -0.39 is 0 Å². The minimum Gasteiger partial charge on any atom is -0.380 e. The van der Waals surface area contributed by atoms with Crippen molar-refractivity contribution in [2.45, 2.75) is 34.1 Å². The molecule has 1 atom stereocenters. The number of aromatic nitrogens is 1. The molecule has 2 rings (SSSR count). The van der Waals surface area contributed by atoms with Gasteiger partial charge in [0.25, 0.3) is 0 Å². The molecule has 0 aliphatic rings. The Balaban J connectivity index is 2.38. The van der Waals surface area contributed by atoms with Crippen LogP contribution >= 0.6 is 15.9 Å². The van der Waals surface area contributed by atoms with Gasteiger partial charge in [-0.3, -0.25) is 0 Å². The van der Waals surface area contributed by atoms with E-state index in [2.05, 4.69) is 48.8 Å². The average Bonchev–Trinajstić information content (AvgIpc) is 2.69. The lowest BCUT2D eigenvalue weighted by molar-refractivity contribution is 0.240. The molecule has 1 unspecified atom stereocenters. The summed E-state index contributed by atoms with van der Waals surface area (Å²) in [5, 5.41) is 3.95. The summed E-state index contributed by atoms with van der Waals surface area (Å²) in [4.78, 5) is 0. The van der Waals surface area contributed by atoms with Crippen LogP contribution in [0.1, 0.15) is 33.5 Å². The number of halogens is 1. The monoisotopic (exact) mass is 336 g/mol. The molecule has 2 N–H and O–H groups in total. The molecule has 0 bridgehead atoms. The highest BCUT2D eigenvalue weighted by molar-refractivity contribution is 9.10. The zero-order valence-electron chi connectivity index (χ0n) is 12.4. The fourth-order valence-corrected chi connectivity index (χ4v) is 2.41. The van der Waals surface area contributed by atoms with E-state index in [9.17, 15) is 0 Å². The number of nitrogen functional groups attached to an aromatic ring is 1. The minimum absolute atomic E-state index is 0.218. The molecule has 2 aromatic rings. The quantitative estimate of drug-likeness (QED) is 0.866. The number of rotatable bonds is 3. The summed E-state index contributed by atoms with van der Waals surface area (Å²) in [5.74, 6) is 1.79. The first-order chi connectivity index (χ1) is 9.29. The van der Waals surface area contributed by atoms with Crippen molar-refractivity contribution in [3.63, 3.8) is 0 Å². The van der Waals surface area contributed by atoms with Gasteiger partial charge in [-0.1, -0.05) is 60.9 Å². The molecule has 0 saturated heterocycles. The van der Waals surface area contributed by atoms with Gasteiger partial charge in [0.1, 0.15) is 5.76 Å². The second-order valence-electron chi connectivity index (χ2n) is 6.35. The predicted molar refractivity (Wildman–Crippen MR) is 86.4 cm³/mol. The van der Waals surface area contributed by atoms with E-state index in [-0.39, 0.29) is 5.41 Å². The molecular weight excluding hydrogens is 316 g/mol. The standard InChI is InChI=1S/C16H21BrN2O/c1-10(16(2,3)4)8-13-14(15(18)19-20-13)11-6-5-7-12(17)9-11/h5-7,9-10H,8H2,1-4H3,(H2,18,19). The molecule has 0 saturated carbocycles. The maximum atomic E-state index is 5.99. The van der Waals surface area contributed by atoms with Crippen LogP contribution in [0.25, 0.3) is 11.1 Å². The normalized spacial score (nSPS) is 13.4. The van der Waals surface area contributed by atoms with Crippen LogP contribution in [-0.4, -0.2) is 5.16 Å². The lowest BCUT2D eigenvalue weighted by atomic mass is 9.79. The second kappa shape index (κ2) is 5.60. The summed E-state index contributed by atoms with van der Waals surface area (Å²) < 4.78 is 6.48. The van der Waals surface area contributed by atoms with Gasteiger partial charge in [-0.2, -0.15) is 0 Å². The van der Waals surface area contributed by atoms with Crippen molar-refractivity contribution in [2.75, 3.05) is 5.73 Å². The van der Waals surface area contributed by atoms with Gasteiger partial charge in [0.15, 0.2) is 5.82 Å². The zero-order chi connectivity index (χ0) is 14.9. The van der Waals surface area contributed by atoms with Crippen LogP contribution in [0.2, 0.25) is 0 Å². The van der Waals surface area contributed by atoms with E-state index in [4.69, 9.17) is 10.3 Å². The predicted octanol–water partition coefficient (Wildman–Crippen LogP) is 4.91. The lowest BCUT2D eigenvalue weighted by Gasteiger charge is -2.26. The third kappa shape index (κ3) is 3.23. The van der Waals surface area contributed by atoms with E-state index in [1.165, 1.54) is 0 Å². The molecule has 0 spiro atoms. The van der Waals surface area contributed by atoms with Gasteiger partial charge < -0.3 is 10.3 Å². The molecular formula is C16H21BrN2O. The molecule has 1 aromatic carbocycles. The first-order valence-corrected chi connectivity index (χ1v) is 7.58. The van der Waals surface area contributed by atoms with E-state index in [1.54, 1.807) is 0 Å². The van der Waals surface area contributed by atoms with E-state index in [0.29, 0.717) is 11.7 Å². The molecule has 20 heavy (non-hydrogen) atoms. The van der Waals surface area contributed by atoms with Gasteiger partial charge in [0, 0.05) is 10.9 Å². The summed E-state index contributed by atoms with van der Waals surface area (Å²) in [6, 6.07) is 8.04. The Morgan fingerprint density at radius 2 is 2.05 bits per heavy atom. The van der Waals surface area contributed by atoms with Crippen LogP contribution in [0.4, 0.5) is 5.82 Å². The molecule has 0 radical (unpaired) electrons. The van der Waals surface area contributed by atoms with Crippen molar-refractivity contribution in [1.82, 2.24) is 5.16 Å². The molecule has 4 heteroatoms. The SMILES string of the molecule is CC(Cc1onc(N)c1-c1cccc(Br)c1)C(C)(C)C. The number of benzene rings is 1. The Morgan fingerprint density at radius 3 is 2.65 bits per heavy atom. The highest BCUT2D eigenvalue weighted by Gasteiger charge is 2.25. The fourth-order valence-electron chi connectivity index (χ4n) is 2.01. The second-order valence-corrected chi connectivity index (χ2v) is 7.26. The molecule has 3 nitrogen and oxygen atoms in total. The smallest absolute Gasteiger partial charge is 0.175 e. The van der Waals surface area contributed by atoms with E-state index in [0.717, 1.165) is 27.8 Å².